The number of hydrogen-bond acceptors (Lipinski definition) is 6. The summed E-state index contributed by atoms with van der Waals surface area (Å²) in [5, 5.41) is 0. The van der Waals surface area contributed by atoms with Crippen LogP contribution in [0.4, 0.5) is 5.69 Å². The van der Waals surface area contributed by atoms with Crippen LogP contribution in [-0.4, -0.2) is 62.8 Å². The molecule has 1 aromatic carbocycles. The van der Waals surface area contributed by atoms with Crippen LogP contribution in [0, 0.1) is 11.8 Å². The highest BCUT2D eigenvalue weighted by Crippen LogP contribution is 2.62. The quantitative estimate of drug-likeness (QED) is 0.659. The van der Waals surface area contributed by atoms with Crippen molar-refractivity contribution in [3.63, 3.8) is 0 Å². The standard InChI is InChI=1S/C23H26N2O5/c1-12(26)25-17-8-13(28-3)4-5-16(17)23-6-7-24(2)19(23)9-14-15(21(23)25)10-29-18-11-30-22(27)20(14)18/h4-5,8,14-15,19,21H,6-7,9-11H2,1-3H3/t14-,15?,19+,21+,23-/m1/s1. The number of ether oxygens (including phenoxy) is 3. The van der Waals surface area contributed by atoms with Gasteiger partial charge in [-0.15, -0.1) is 0 Å². The van der Waals surface area contributed by atoms with Crippen LogP contribution in [0.5, 0.6) is 5.75 Å². The fourth-order valence-electron chi connectivity index (χ4n) is 7.09. The first-order valence-electron chi connectivity index (χ1n) is 10.7. The van der Waals surface area contributed by atoms with Crippen LogP contribution in [0.2, 0.25) is 0 Å². The van der Waals surface area contributed by atoms with Crippen molar-refractivity contribution in [2.75, 3.05) is 38.8 Å². The number of anilines is 1. The van der Waals surface area contributed by atoms with Crippen LogP contribution in [0.3, 0.4) is 0 Å². The fraction of sp³-hybridized carbons (Fsp3) is 0.565. The summed E-state index contributed by atoms with van der Waals surface area (Å²) in [7, 11) is 3.81. The Morgan fingerprint density at radius 3 is 2.90 bits per heavy atom. The molecule has 7 heteroatoms. The number of carbonyl (C=O) groups excluding carboxylic acids is 2. The maximum atomic E-state index is 13.0. The molecule has 7 nitrogen and oxygen atoms in total. The van der Waals surface area contributed by atoms with Crippen LogP contribution < -0.4 is 9.64 Å². The zero-order chi connectivity index (χ0) is 20.8. The zero-order valence-corrected chi connectivity index (χ0v) is 17.5. The molecular weight excluding hydrogens is 384 g/mol. The Morgan fingerprint density at radius 2 is 2.13 bits per heavy atom. The molecule has 0 bridgehead atoms. The highest BCUT2D eigenvalue weighted by atomic mass is 16.6. The maximum Gasteiger partial charge on any atom is 0.338 e. The molecule has 158 valence electrons. The summed E-state index contributed by atoms with van der Waals surface area (Å²) in [4.78, 5) is 30.0. The minimum atomic E-state index is -0.251. The first-order chi connectivity index (χ1) is 14.5. The first-order valence-corrected chi connectivity index (χ1v) is 10.7. The normalized spacial score (nSPS) is 36.4. The van der Waals surface area contributed by atoms with E-state index in [0.717, 1.165) is 30.8 Å². The molecule has 1 saturated heterocycles. The average molecular weight is 410 g/mol. The molecular formula is C23H26N2O5. The van der Waals surface area contributed by atoms with Gasteiger partial charge in [-0.1, -0.05) is 6.07 Å². The molecule has 6 rings (SSSR count). The molecule has 30 heavy (non-hydrogen) atoms. The van der Waals surface area contributed by atoms with Gasteiger partial charge in [-0.3, -0.25) is 4.79 Å². The van der Waals surface area contributed by atoms with Crippen molar-refractivity contribution in [2.45, 2.75) is 37.3 Å². The smallest absolute Gasteiger partial charge is 0.338 e. The lowest BCUT2D eigenvalue weighted by molar-refractivity contribution is -0.136. The number of amides is 1. The number of methoxy groups -OCH3 is 1. The zero-order valence-electron chi connectivity index (χ0n) is 17.5. The monoisotopic (exact) mass is 410 g/mol. The Morgan fingerprint density at radius 1 is 1.30 bits per heavy atom. The van der Waals surface area contributed by atoms with Crippen molar-refractivity contribution in [1.82, 2.24) is 4.90 Å². The summed E-state index contributed by atoms with van der Waals surface area (Å²) in [6.07, 6.45) is 1.87. The predicted molar refractivity (Wildman–Crippen MR) is 108 cm³/mol. The highest BCUT2D eigenvalue weighted by Gasteiger charge is 2.67. The minimum Gasteiger partial charge on any atom is -0.497 e. The Kier molecular flexibility index (Phi) is 3.65. The van der Waals surface area contributed by atoms with Crippen LogP contribution in [0.15, 0.2) is 29.5 Å². The molecule has 1 aliphatic carbocycles. The van der Waals surface area contributed by atoms with E-state index in [1.807, 2.05) is 17.0 Å². The third kappa shape index (κ3) is 2.04. The molecule has 1 spiro atoms. The molecule has 2 fully saturated rings. The van der Waals surface area contributed by atoms with Crippen molar-refractivity contribution >= 4 is 17.6 Å². The Balaban J connectivity index is 1.57. The van der Waals surface area contributed by atoms with Gasteiger partial charge in [0.05, 0.1) is 31.0 Å². The number of esters is 1. The van der Waals surface area contributed by atoms with Gasteiger partial charge < -0.3 is 24.0 Å². The minimum absolute atomic E-state index is 0.0223. The summed E-state index contributed by atoms with van der Waals surface area (Å²) in [5.41, 5.74) is 2.72. The molecule has 1 saturated carbocycles. The largest absolute Gasteiger partial charge is 0.497 e. The molecule has 5 aliphatic rings. The average Bonchev–Trinajstić information content (AvgIpc) is 3.38. The number of likely N-dealkylation sites (N-methyl/N-ethyl adjacent to an activating group) is 1. The van der Waals surface area contributed by atoms with Gasteiger partial charge in [-0.2, -0.15) is 0 Å². The number of nitrogens with zero attached hydrogens (tertiary/aromatic N) is 2. The van der Waals surface area contributed by atoms with E-state index in [2.05, 4.69) is 18.0 Å². The molecule has 0 radical (unpaired) electrons. The molecule has 1 aromatic rings. The summed E-state index contributed by atoms with van der Waals surface area (Å²) in [6, 6.07) is 6.34. The van der Waals surface area contributed by atoms with E-state index in [-0.39, 0.29) is 47.8 Å². The van der Waals surface area contributed by atoms with Gasteiger partial charge in [0.1, 0.15) is 18.1 Å². The van der Waals surface area contributed by atoms with Gasteiger partial charge in [-0.05, 0) is 38.1 Å². The molecule has 1 unspecified atom stereocenters. The fourth-order valence-corrected chi connectivity index (χ4v) is 7.09. The number of hydrogen-bond donors (Lipinski definition) is 0. The van der Waals surface area contributed by atoms with Crippen molar-refractivity contribution in [1.29, 1.82) is 0 Å². The summed E-state index contributed by atoms with van der Waals surface area (Å²) in [5.74, 6) is 1.32. The highest BCUT2D eigenvalue weighted by molar-refractivity contribution is 5.97. The van der Waals surface area contributed by atoms with Crippen LogP contribution in [0.1, 0.15) is 25.3 Å². The second kappa shape index (κ2) is 6.00. The van der Waals surface area contributed by atoms with Crippen molar-refractivity contribution in [3.05, 3.63) is 35.1 Å². The van der Waals surface area contributed by atoms with Crippen molar-refractivity contribution < 1.29 is 23.8 Å². The SMILES string of the molecule is COc1ccc2c(c1)N(C(C)=O)[C@H]1C3COC4=C(C(=O)OC4)[C@@H]3C[C@@H]3N(C)CC[C@@]231. The topological polar surface area (TPSA) is 68.3 Å². The third-order valence-electron chi connectivity index (χ3n) is 8.19. The second-order valence-corrected chi connectivity index (χ2v) is 9.23. The van der Waals surface area contributed by atoms with Gasteiger partial charge in [-0.25, -0.2) is 4.79 Å². The lowest BCUT2D eigenvalue weighted by Crippen LogP contribution is -2.63. The van der Waals surface area contributed by atoms with E-state index in [1.54, 1.807) is 14.0 Å². The Labute approximate surface area is 175 Å². The van der Waals surface area contributed by atoms with Gasteiger partial charge in [0.15, 0.2) is 0 Å². The number of likely N-dealkylation sites (tertiary alicyclic amines) is 1. The number of cyclic esters (lactones) is 1. The first kappa shape index (κ1) is 18.2. The lowest BCUT2D eigenvalue weighted by Gasteiger charge is -2.53. The van der Waals surface area contributed by atoms with Crippen molar-refractivity contribution in [2.24, 2.45) is 11.8 Å². The maximum absolute atomic E-state index is 13.0. The van der Waals surface area contributed by atoms with Crippen LogP contribution in [0.25, 0.3) is 0 Å². The number of benzene rings is 1. The van der Waals surface area contributed by atoms with Gasteiger partial charge in [0.25, 0.3) is 0 Å². The van der Waals surface area contributed by atoms with Gasteiger partial charge in [0, 0.05) is 36.3 Å². The van der Waals surface area contributed by atoms with E-state index in [1.165, 1.54) is 5.56 Å². The van der Waals surface area contributed by atoms with E-state index in [4.69, 9.17) is 14.2 Å². The molecule has 4 heterocycles. The molecule has 0 aromatic heterocycles. The van der Waals surface area contributed by atoms with Crippen LogP contribution >= 0.6 is 0 Å². The summed E-state index contributed by atoms with van der Waals surface area (Å²) >= 11 is 0. The number of carbonyl (C=O) groups is 2. The van der Waals surface area contributed by atoms with E-state index in [9.17, 15) is 9.59 Å². The van der Waals surface area contributed by atoms with Crippen molar-refractivity contribution in [3.8, 4) is 5.75 Å². The van der Waals surface area contributed by atoms with Gasteiger partial charge in [0.2, 0.25) is 5.91 Å². The summed E-state index contributed by atoms with van der Waals surface area (Å²) in [6.45, 7) is 3.35. The second-order valence-electron chi connectivity index (χ2n) is 9.23. The van der Waals surface area contributed by atoms with Gasteiger partial charge >= 0.3 is 5.97 Å². The van der Waals surface area contributed by atoms with Crippen LogP contribution in [-0.2, 0) is 24.5 Å². The van der Waals surface area contributed by atoms with E-state index in [0.29, 0.717) is 17.9 Å². The third-order valence-corrected chi connectivity index (χ3v) is 8.19. The number of fused-ring (bicyclic) bond motifs is 4. The summed E-state index contributed by atoms with van der Waals surface area (Å²) < 4.78 is 16.9. The molecule has 4 aliphatic heterocycles. The predicted octanol–water partition coefficient (Wildman–Crippen LogP) is 1.85. The molecule has 5 atom stereocenters. The Bertz CT molecular complexity index is 1000. The Hall–Kier alpha value is -2.54. The lowest BCUT2D eigenvalue weighted by atomic mass is 9.56. The molecule has 0 N–H and O–H groups in total. The number of rotatable bonds is 1. The van der Waals surface area contributed by atoms with E-state index < -0.39 is 0 Å². The van der Waals surface area contributed by atoms with E-state index >= 15 is 0 Å². The molecule has 1 amide bonds.